The van der Waals surface area contributed by atoms with Crippen LogP contribution < -0.4 is 0 Å². The van der Waals surface area contributed by atoms with Gasteiger partial charge in [-0.15, -0.1) is 0 Å². The Morgan fingerprint density at radius 1 is 0.867 bits per heavy atom. The van der Waals surface area contributed by atoms with Gasteiger partial charge in [-0.1, -0.05) is 66.2 Å². The molecule has 0 unspecified atom stereocenters. The van der Waals surface area contributed by atoms with E-state index in [1.165, 1.54) is 23.8 Å². The average Bonchev–Trinajstić information content (AvgIpc) is 2.95. The highest BCUT2D eigenvalue weighted by atomic mass is 16.5. The smallest absolute Gasteiger partial charge is 0.331 e. The molecule has 5 aliphatic carbocycles. The summed E-state index contributed by atoms with van der Waals surface area (Å²) in [5.74, 6) is -0.379. The van der Waals surface area contributed by atoms with Crippen molar-refractivity contribution in [1.29, 1.82) is 0 Å². The summed E-state index contributed by atoms with van der Waals surface area (Å²) >= 11 is 0. The van der Waals surface area contributed by atoms with Crippen molar-refractivity contribution in [2.24, 2.45) is 50.2 Å². The lowest BCUT2D eigenvalue weighted by Crippen LogP contribution is -2.65. The Morgan fingerprint density at radius 3 is 2.27 bits per heavy atom. The molecule has 45 heavy (non-hydrogen) atoms. The van der Waals surface area contributed by atoms with E-state index in [4.69, 9.17) is 4.74 Å². The van der Waals surface area contributed by atoms with Crippen molar-refractivity contribution >= 4 is 18.0 Å². The first-order valence-corrected chi connectivity index (χ1v) is 17.2. The fourth-order valence-corrected chi connectivity index (χ4v) is 11.8. The molecule has 0 heterocycles. The van der Waals surface area contributed by atoms with Crippen LogP contribution in [-0.2, 0) is 14.3 Å². The van der Waals surface area contributed by atoms with Crippen molar-refractivity contribution in [1.82, 2.24) is 0 Å². The van der Waals surface area contributed by atoms with Gasteiger partial charge in [-0.05, 0) is 127 Å². The third-order valence-electron chi connectivity index (χ3n) is 14.7. The van der Waals surface area contributed by atoms with Crippen LogP contribution in [0.15, 0.2) is 35.9 Å². The molecule has 5 aliphatic rings. The summed E-state index contributed by atoms with van der Waals surface area (Å²) in [6.45, 7) is 16.8. The molecule has 0 aromatic heterocycles. The van der Waals surface area contributed by atoms with Crippen molar-refractivity contribution in [3.8, 4) is 11.5 Å². The molecule has 1 aromatic rings. The number of rotatable bonds is 4. The fraction of sp³-hybridized carbons (Fsp3) is 0.692. The third-order valence-corrected chi connectivity index (χ3v) is 14.7. The summed E-state index contributed by atoms with van der Waals surface area (Å²) in [6, 6.07) is 4.46. The molecule has 0 spiro atoms. The molecule has 0 aliphatic heterocycles. The second-order valence-electron chi connectivity index (χ2n) is 17.5. The number of phenolic OH excluding ortho intramolecular Hbond substituents is 2. The van der Waals surface area contributed by atoms with E-state index in [1.807, 2.05) is 0 Å². The number of carboxylic acid groups (broad SMARTS) is 1. The van der Waals surface area contributed by atoms with E-state index in [-0.39, 0.29) is 56.6 Å². The van der Waals surface area contributed by atoms with Gasteiger partial charge < -0.3 is 20.1 Å². The molecular formula is C39H54O6. The van der Waals surface area contributed by atoms with Gasteiger partial charge in [0.1, 0.15) is 6.10 Å². The third kappa shape index (κ3) is 4.70. The molecule has 8 atom stereocenters. The molecule has 0 radical (unpaired) electrons. The Hall–Kier alpha value is -2.76. The van der Waals surface area contributed by atoms with Gasteiger partial charge in [-0.25, -0.2) is 4.79 Å². The van der Waals surface area contributed by atoms with Crippen molar-refractivity contribution in [2.75, 3.05) is 0 Å². The number of aliphatic carboxylic acids is 1. The predicted molar refractivity (Wildman–Crippen MR) is 175 cm³/mol. The topological polar surface area (TPSA) is 104 Å². The molecule has 3 N–H and O–H groups in total. The zero-order chi connectivity index (χ0) is 32.8. The number of carbonyl (C=O) groups excluding carboxylic acids is 1. The maximum atomic E-state index is 13.0. The molecular weight excluding hydrogens is 564 g/mol. The summed E-state index contributed by atoms with van der Waals surface area (Å²) < 4.78 is 6.15. The first-order valence-electron chi connectivity index (χ1n) is 17.2. The van der Waals surface area contributed by atoms with Gasteiger partial charge >= 0.3 is 11.9 Å². The Kier molecular flexibility index (Phi) is 7.42. The van der Waals surface area contributed by atoms with Crippen molar-refractivity contribution in [3.63, 3.8) is 0 Å². The summed E-state index contributed by atoms with van der Waals surface area (Å²) in [7, 11) is 0. The summed E-state index contributed by atoms with van der Waals surface area (Å²) in [4.78, 5) is 25.9. The highest BCUT2D eigenvalue weighted by Gasteiger charge is 2.69. The van der Waals surface area contributed by atoms with Crippen LogP contribution in [0.2, 0.25) is 0 Å². The summed E-state index contributed by atoms with van der Waals surface area (Å²) in [5, 5.41) is 30.0. The number of aromatic hydroxyl groups is 2. The van der Waals surface area contributed by atoms with E-state index in [1.54, 1.807) is 12.1 Å². The Labute approximate surface area is 269 Å². The summed E-state index contributed by atoms with van der Waals surface area (Å²) in [5.41, 5.74) is 1.59. The number of carboxylic acids is 1. The quantitative estimate of drug-likeness (QED) is 0.135. The van der Waals surface area contributed by atoms with Crippen LogP contribution in [0.3, 0.4) is 0 Å². The number of hydrogen-bond acceptors (Lipinski definition) is 5. The lowest BCUT2D eigenvalue weighted by Gasteiger charge is -2.71. The van der Waals surface area contributed by atoms with Gasteiger partial charge in [0.05, 0.1) is 5.41 Å². The van der Waals surface area contributed by atoms with Gasteiger partial charge in [0.25, 0.3) is 0 Å². The number of benzene rings is 1. The van der Waals surface area contributed by atoms with Crippen molar-refractivity contribution in [3.05, 3.63) is 41.5 Å². The average molecular weight is 619 g/mol. The first-order chi connectivity index (χ1) is 20.9. The van der Waals surface area contributed by atoms with Crippen LogP contribution >= 0.6 is 0 Å². The number of carbonyl (C=O) groups is 2. The highest BCUT2D eigenvalue weighted by Crippen LogP contribution is 2.75. The molecule has 6 rings (SSSR count). The van der Waals surface area contributed by atoms with Gasteiger partial charge in [-0.2, -0.15) is 0 Å². The monoisotopic (exact) mass is 618 g/mol. The van der Waals surface area contributed by atoms with Crippen LogP contribution in [0.25, 0.3) is 6.08 Å². The molecule has 0 bridgehead atoms. The van der Waals surface area contributed by atoms with E-state index < -0.39 is 11.4 Å². The van der Waals surface area contributed by atoms with Crippen LogP contribution in [0, 0.1) is 50.2 Å². The first kappa shape index (κ1) is 32.2. The van der Waals surface area contributed by atoms with E-state index in [0.717, 1.165) is 64.2 Å². The zero-order valence-corrected chi connectivity index (χ0v) is 28.4. The molecule has 6 nitrogen and oxygen atoms in total. The van der Waals surface area contributed by atoms with Gasteiger partial charge in [-0.3, -0.25) is 4.79 Å². The number of phenols is 2. The van der Waals surface area contributed by atoms with Gasteiger partial charge in [0.15, 0.2) is 11.5 Å². The number of esters is 1. The largest absolute Gasteiger partial charge is 0.504 e. The number of fused-ring (bicyclic) bond motifs is 7. The highest BCUT2D eigenvalue weighted by molar-refractivity contribution is 5.87. The van der Waals surface area contributed by atoms with Crippen molar-refractivity contribution < 1.29 is 29.6 Å². The second kappa shape index (κ2) is 10.4. The zero-order valence-electron chi connectivity index (χ0n) is 28.4. The second-order valence-corrected chi connectivity index (χ2v) is 17.5. The predicted octanol–water partition coefficient (Wildman–Crippen LogP) is 8.91. The lowest BCUT2D eigenvalue weighted by molar-refractivity contribution is -0.212. The molecule has 246 valence electrons. The number of hydrogen-bond donors (Lipinski definition) is 3. The Balaban J connectivity index is 1.25. The van der Waals surface area contributed by atoms with E-state index >= 15 is 0 Å². The fourth-order valence-electron chi connectivity index (χ4n) is 11.8. The molecule has 1 aromatic carbocycles. The number of ether oxygens (including phenoxy) is 1. The molecule has 4 fully saturated rings. The van der Waals surface area contributed by atoms with E-state index in [0.29, 0.717) is 17.4 Å². The Bertz CT molecular complexity index is 1450. The maximum Gasteiger partial charge on any atom is 0.331 e. The van der Waals surface area contributed by atoms with Gasteiger partial charge in [0.2, 0.25) is 0 Å². The molecule has 4 saturated carbocycles. The number of allylic oxidation sites excluding steroid dienone is 2. The van der Waals surface area contributed by atoms with E-state index in [2.05, 4.69) is 54.5 Å². The minimum Gasteiger partial charge on any atom is -0.504 e. The van der Waals surface area contributed by atoms with Crippen molar-refractivity contribution in [2.45, 2.75) is 119 Å². The lowest BCUT2D eigenvalue weighted by atomic mass is 9.33. The Morgan fingerprint density at radius 2 is 1.58 bits per heavy atom. The maximum absolute atomic E-state index is 13.0. The van der Waals surface area contributed by atoms with Crippen LogP contribution in [0.4, 0.5) is 0 Å². The van der Waals surface area contributed by atoms with E-state index in [9.17, 15) is 24.9 Å². The minimum atomic E-state index is -0.619. The standard InChI is InChI=1S/C39H54O6/c1-34(2)18-20-39(33(43)44)21-19-37(6)25(26(39)23-34)10-12-30-36(5)16-15-31(35(3,4)29(36)14-17-38(30,37)7)45-32(42)13-9-24-8-11-27(40)28(41)22-24/h8-11,13,22,26,29-31,40-41H,12,14-21,23H2,1-7H3,(H,43,44)/b13-9+/t26-,29+,30+,31-,36-,37+,38+,39-/m0/s1. The van der Waals surface area contributed by atoms with Crippen LogP contribution in [0.5, 0.6) is 11.5 Å². The normalized spacial score (nSPS) is 41.5. The van der Waals surface area contributed by atoms with Gasteiger partial charge in [0, 0.05) is 11.5 Å². The minimum absolute atomic E-state index is 0.0121. The SMILES string of the molecule is CC1(C)CC[C@]2(C(=O)O)CC[C@]3(C)C(=CC[C@@H]4[C@@]5(C)CC[C@H](OC(=O)/C=C/c6ccc(O)c(O)c6)C(C)(C)[C@H]5CC[C@]43C)[C@@H]2C1. The van der Waals surface area contributed by atoms with Crippen LogP contribution in [-0.4, -0.2) is 33.4 Å². The molecule has 0 saturated heterocycles. The molecule has 6 heteroatoms. The molecule has 0 amide bonds. The van der Waals surface area contributed by atoms with Crippen LogP contribution in [0.1, 0.15) is 118 Å². The summed E-state index contributed by atoms with van der Waals surface area (Å²) in [6.07, 6.45) is 14.8.